The van der Waals surface area contributed by atoms with Crippen LogP contribution in [0.5, 0.6) is 0 Å². The molecule has 0 fully saturated rings. The Hall–Kier alpha value is -3.00. The molecule has 3 nitrogen and oxygen atoms in total. The van der Waals surface area contributed by atoms with E-state index >= 15 is 0 Å². The maximum absolute atomic E-state index is 5.94. The second-order valence-corrected chi connectivity index (χ2v) is 8.85. The van der Waals surface area contributed by atoms with E-state index in [0.717, 1.165) is 5.56 Å². The molecule has 1 N–H and O–H groups in total. The van der Waals surface area contributed by atoms with Crippen LogP contribution >= 0.6 is 19.5 Å². The van der Waals surface area contributed by atoms with Crippen molar-refractivity contribution in [1.29, 1.82) is 0 Å². The molecule has 1 aromatic heterocycles. The maximum Gasteiger partial charge on any atom is 0.147 e. The Morgan fingerprint density at radius 3 is 2.00 bits per heavy atom. The minimum absolute atomic E-state index is 0.433. The molecule has 4 rings (SSSR count). The number of hydrogen-bond donors (Lipinski definition) is 1. The van der Waals surface area contributed by atoms with Crippen molar-refractivity contribution < 1.29 is 0 Å². The minimum Gasteiger partial charge on any atom is -0.261 e. The minimum atomic E-state index is -0.698. The topological polar surface area (TPSA) is 37.3 Å². The Morgan fingerprint density at radius 2 is 1.34 bits per heavy atom. The van der Waals surface area contributed by atoms with E-state index in [9.17, 15) is 0 Å². The van der Waals surface area contributed by atoms with Gasteiger partial charge >= 0.3 is 0 Å². The summed E-state index contributed by atoms with van der Waals surface area (Å²) in [5.74, 6) is 0.611. The van der Waals surface area contributed by atoms with E-state index < -0.39 is 7.92 Å². The quantitative estimate of drug-likeness (QED) is 0.209. The van der Waals surface area contributed by atoms with Crippen LogP contribution in [-0.2, 0) is 0 Å². The number of hydrazone groups is 1. The third-order valence-corrected chi connectivity index (χ3v) is 7.03. The highest BCUT2D eigenvalue weighted by molar-refractivity contribution is 7.80. The zero-order valence-corrected chi connectivity index (χ0v) is 17.3. The Bertz CT molecular complexity index is 1060. The van der Waals surface area contributed by atoms with E-state index in [1.165, 1.54) is 15.9 Å². The van der Waals surface area contributed by atoms with Crippen molar-refractivity contribution in [1.82, 2.24) is 4.98 Å². The van der Waals surface area contributed by atoms with E-state index in [2.05, 4.69) is 94.4 Å². The molecule has 142 valence electrons. The smallest absolute Gasteiger partial charge is 0.147 e. The van der Waals surface area contributed by atoms with Crippen LogP contribution in [0.25, 0.3) is 0 Å². The predicted octanol–water partition coefficient (Wildman–Crippen LogP) is 4.94. The number of nitrogens with zero attached hydrogens (tertiary/aromatic N) is 2. The Labute approximate surface area is 176 Å². The number of benzene rings is 3. The molecule has 1 heterocycles. The van der Waals surface area contributed by atoms with E-state index in [0.29, 0.717) is 11.0 Å². The van der Waals surface area contributed by atoms with Crippen molar-refractivity contribution in [2.24, 2.45) is 5.10 Å². The van der Waals surface area contributed by atoms with Crippen LogP contribution in [0.2, 0.25) is 5.15 Å². The first-order chi connectivity index (χ1) is 14.3. The van der Waals surface area contributed by atoms with Gasteiger partial charge in [0.05, 0.1) is 6.21 Å². The van der Waals surface area contributed by atoms with Gasteiger partial charge in [0.1, 0.15) is 11.0 Å². The number of hydrogen-bond acceptors (Lipinski definition) is 3. The molecule has 0 aliphatic rings. The van der Waals surface area contributed by atoms with Crippen LogP contribution in [0.3, 0.4) is 0 Å². The molecule has 0 atom stereocenters. The first kappa shape index (κ1) is 19.3. The van der Waals surface area contributed by atoms with Gasteiger partial charge in [-0.2, -0.15) is 5.10 Å². The highest BCUT2D eigenvalue weighted by atomic mass is 35.5. The summed E-state index contributed by atoms with van der Waals surface area (Å²) < 4.78 is 0. The second kappa shape index (κ2) is 9.47. The maximum atomic E-state index is 5.94. The molecule has 29 heavy (non-hydrogen) atoms. The fraction of sp³-hybridized carbons (Fsp3) is 0. The summed E-state index contributed by atoms with van der Waals surface area (Å²) >= 11 is 5.94. The number of aromatic nitrogens is 1. The van der Waals surface area contributed by atoms with Crippen molar-refractivity contribution in [3.8, 4) is 0 Å². The van der Waals surface area contributed by atoms with Crippen LogP contribution in [0.15, 0.2) is 108 Å². The molecule has 0 radical (unpaired) electrons. The first-order valence-corrected chi connectivity index (χ1v) is 10.9. The standard InChI is InChI=1S/C24H19ClN3P/c25-23-16-9-17-24(27-23)28-26-18-19-10-7-8-15-22(19)29(20-11-3-1-4-12-20)21-13-5-2-6-14-21/h1-18H,(H,27,28)/b26-18+. The zero-order valence-electron chi connectivity index (χ0n) is 15.6. The lowest BCUT2D eigenvalue weighted by atomic mass is 10.2. The normalized spacial score (nSPS) is 11.1. The summed E-state index contributed by atoms with van der Waals surface area (Å²) in [6.07, 6.45) is 1.85. The summed E-state index contributed by atoms with van der Waals surface area (Å²) in [7, 11) is -0.698. The summed E-state index contributed by atoms with van der Waals surface area (Å²) in [4.78, 5) is 4.20. The molecular weight excluding hydrogens is 397 g/mol. The second-order valence-electron chi connectivity index (χ2n) is 6.28. The van der Waals surface area contributed by atoms with Gasteiger partial charge in [-0.1, -0.05) is 103 Å². The number of halogens is 1. The zero-order chi connectivity index (χ0) is 19.9. The highest BCUT2D eigenvalue weighted by Crippen LogP contribution is 2.33. The van der Waals surface area contributed by atoms with Crippen LogP contribution in [0, 0.1) is 0 Å². The van der Waals surface area contributed by atoms with E-state index in [4.69, 9.17) is 11.6 Å². The van der Waals surface area contributed by atoms with Crippen LogP contribution in [0.1, 0.15) is 5.56 Å². The van der Waals surface area contributed by atoms with E-state index in [1.54, 1.807) is 6.07 Å². The van der Waals surface area contributed by atoms with Crippen molar-refractivity contribution in [2.45, 2.75) is 0 Å². The van der Waals surface area contributed by atoms with Gasteiger partial charge in [-0.15, -0.1) is 0 Å². The molecule has 5 heteroatoms. The predicted molar refractivity (Wildman–Crippen MR) is 126 cm³/mol. The van der Waals surface area contributed by atoms with Gasteiger partial charge in [0, 0.05) is 5.56 Å². The Balaban J connectivity index is 1.70. The molecule has 0 amide bonds. The van der Waals surface area contributed by atoms with E-state index in [-0.39, 0.29) is 0 Å². The van der Waals surface area contributed by atoms with Gasteiger partial charge in [-0.05, 0) is 36.0 Å². The first-order valence-electron chi connectivity index (χ1n) is 9.22. The average molecular weight is 416 g/mol. The van der Waals surface area contributed by atoms with Crippen molar-refractivity contribution in [2.75, 3.05) is 5.43 Å². The molecule has 0 aliphatic carbocycles. The lowest BCUT2D eigenvalue weighted by Crippen LogP contribution is -2.23. The Kier molecular flexibility index (Phi) is 6.31. The number of nitrogens with one attached hydrogen (secondary N) is 1. The lowest BCUT2D eigenvalue weighted by Gasteiger charge is -2.21. The van der Waals surface area contributed by atoms with Crippen LogP contribution in [-0.4, -0.2) is 11.2 Å². The molecular formula is C24H19ClN3P. The lowest BCUT2D eigenvalue weighted by molar-refractivity contribution is 1.23. The molecule has 0 saturated heterocycles. The van der Waals surface area contributed by atoms with Gasteiger partial charge < -0.3 is 0 Å². The molecule has 0 spiro atoms. The third kappa shape index (κ3) is 4.89. The molecule has 3 aromatic carbocycles. The summed E-state index contributed by atoms with van der Waals surface area (Å²) in [6, 6.07) is 35.1. The summed E-state index contributed by atoms with van der Waals surface area (Å²) in [6.45, 7) is 0. The van der Waals surface area contributed by atoms with Gasteiger partial charge in [0.25, 0.3) is 0 Å². The summed E-state index contributed by atoms with van der Waals surface area (Å²) in [5, 5.41) is 8.69. The van der Waals surface area contributed by atoms with Crippen molar-refractivity contribution in [3.63, 3.8) is 0 Å². The van der Waals surface area contributed by atoms with Gasteiger partial charge in [0.15, 0.2) is 0 Å². The van der Waals surface area contributed by atoms with Crippen LogP contribution < -0.4 is 21.3 Å². The largest absolute Gasteiger partial charge is 0.261 e. The molecule has 0 unspecified atom stereocenters. The average Bonchev–Trinajstić information content (AvgIpc) is 2.77. The van der Waals surface area contributed by atoms with Crippen molar-refractivity contribution in [3.05, 3.63) is 114 Å². The fourth-order valence-electron chi connectivity index (χ4n) is 3.02. The number of rotatable bonds is 6. The van der Waals surface area contributed by atoms with Crippen molar-refractivity contribution >= 4 is 47.5 Å². The number of anilines is 1. The highest BCUT2D eigenvalue weighted by Gasteiger charge is 2.18. The third-order valence-electron chi connectivity index (χ3n) is 4.30. The number of pyridine rings is 1. The van der Waals surface area contributed by atoms with Gasteiger partial charge in [-0.25, -0.2) is 4.98 Å². The molecule has 0 aliphatic heterocycles. The Morgan fingerprint density at radius 1 is 0.724 bits per heavy atom. The molecule has 4 aromatic rings. The SMILES string of the molecule is Clc1cccc(N/N=C/c2ccccc2P(c2ccccc2)c2ccccc2)n1. The van der Waals surface area contributed by atoms with Gasteiger partial charge in [0.2, 0.25) is 0 Å². The van der Waals surface area contributed by atoms with Crippen LogP contribution in [0.4, 0.5) is 5.82 Å². The molecule has 0 bridgehead atoms. The molecule has 0 saturated carbocycles. The monoisotopic (exact) mass is 415 g/mol. The fourth-order valence-corrected chi connectivity index (χ4v) is 5.60. The van der Waals surface area contributed by atoms with E-state index in [1.807, 2.05) is 24.4 Å². The van der Waals surface area contributed by atoms with Gasteiger partial charge in [-0.3, -0.25) is 5.43 Å². The summed E-state index contributed by atoms with van der Waals surface area (Å²) in [5.41, 5.74) is 4.03.